The highest BCUT2D eigenvalue weighted by molar-refractivity contribution is 6.30. The van der Waals surface area contributed by atoms with Crippen molar-refractivity contribution in [3.8, 4) is 17.2 Å². The monoisotopic (exact) mass is 228 g/mol. The molecule has 3 heteroatoms. The Morgan fingerprint density at radius 2 is 2.06 bits per heavy atom. The topological polar surface area (TPSA) is 36.7 Å². The smallest absolute Gasteiger partial charge is 0.0998 e. The van der Waals surface area contributed by atoms with Crippen LogP contribution in [-0.4, -0.2) is 4.98 Å². The first kappa shape index (κ1) is 10.7. The highest BCUT2D eigenvalue weighted by Gasteiger charge is 2.05. The number of nitriles is 1. The molecule has 0 amide bonds. The molecule has 0 radical (unpaired) electrons. The average molecular weight is 229 g/mol. The molecule has 1 aromatic carbocycles. The summed E-state index contributed by atoms with van der Waals surface area (Å²) in [6.45, 7) is 1.97. The molecule has 2 rings (SSSR count). The Morgan fingerprint density at radius 3 is 2.75 bits per heavy atom. The van der Waals surface area contributed by atoms with Crippen molar-refractivity contribution in [1.82, 2.24) is 4.98 Å². The van der Waals surface area contributed by atoms with Crippen LogP contribution >= 0.6 is 11.6 Å². The van der Waals surface area contributed by atoms with Gasteiger partial charge in [-0.3, -0.25) is 4.98 Å². The minimum atomic E-state index is 0.569. The zero-order valence-electron chi connectivity index (χ0n) is 8.74. The van der Waals surface area contributed by atoms with Gasteiger partial charge in [0.1, 0.15) is 0 Å². The zero-order chi connectivity index (χ0) is 11.5. The Kier molecular flexibility index (Phi) is 2.89. The van der Waals surface area contributed by atoms with Crippen LogP contribution in [0, 0.1) is 18.3 Å². The number of nitrogens with zero attached hydrogens (tertiary/aromatic N) is 2. The number of pyridine rings is 1. The van der Waals surface area contributed by atoms with Crippen LogP contribution in [0.15, 0.2) is 36.7 Å². The van der Waals surface area contributed by atoms with Crippen molar-refractivity contribution < 1.29 is 0 Å². The Bertz CT molecular complexity index is 570. The average Bonchev–Trinajstić information content (AvgIpc) is 2.28. The molecule has 2 nitrogen and oxygen atoms in total. The highest BCUT2D eigenvalue weighted by atomic mass is 35.5. The molecule has 0 unspecified atom stereocenters. The molecule has 0 saturated carbocycles. The number of halogens is 1. The second-order valence-corrected chi connectivity index (χ2v) is 3.99. The number of rotatable bonds is 1. The lowest BCUT2D eigenvalue weighted by atomic mass is 10.0. The van der Waals surface area contributed by atoms with Crippen LogP contribution < -0.4 is 0 Å². The van der Waals surface area contributed by atoms with E-state index in [1.165, 1.54) is 0 Å². The van der Waals surface area contributed by atoms with E-state index in [0.29, 0.717) is 10.6 Å². The molecule has 0 spiro atoms. The van der Waals surface area contributed by atoms with Gasteiger partial charge in [-0.2, -0.15) is 5.26 Å². The van der Waals surface area contributed by atoms with Gasteiger partial charge < -0.3 is 0 Å². The molecule has 78 valence electrons. The van der Waals surface area contributed by atoms with Gasteiger partial charge in [0.2, 0.25) is 0 Å². The fourth-order valence-electron chi connectivity index (χ4n) is 1.56. The summed E-state index contributed by atoms with van der Waals surface area (Å²) in [5.74, 6) is 0. The molecule has 16 heavy (non-hydrogen) atoms. The summed E-state index contributed by atoms with van der Waals surface area (Å²) in [6, 6.07) is 9.43. The van der Waals surface area contributed by atoms with Gasteiger partial charge >= 0.3 is 0 Å². The summed E-state index contributed by atoms with van der Waals surface area (Å²) in [6.07, 6.45) is 3.53. The Morgan fingerprint density at radius 1 is 1.25 bits per heavy atom. The zero-order valence-corrected chi connectivity index (χ0v) is 9.49. The second-order valence-electron chi connectivity index (χ2n) is 3.55. The van der Waals surface area contributed by atoms with Crippen LogP contribution in [0.25, 0.3) is 11.1 Å². The summed E-state index contributed by atoms with van der Waals surface area (Å²) in [4.78, 5) is 4.12. The van der Waals surface area contributed by atoms with Crippen molar-refractivity contribution in [2.24, 2.45) is 0 Å². The van der Waals surface area contributed by atoms with E-state index in [1.54, 1.807) is 24.5 Å². The largest absolute Gasteiger partial charge is 0.264 e. The van der Waals surface area contributed by atoms with E-state index in [2.05, 4.69) is 11.1 Å². The molecule has 0 aliphatic carbocycles. The Labute approximate surface area is 99.1 Å². The van der Waals surface area contributed by atoms with Crippen molar-refractivity contribution in [3.05, 3.63) is 52.8 Å². The third-order valence-electron chi connectivity index (χ3n) is 2.29. The van der Waals surface area contributed by atoms with Gasteiger partial charge in [0.15, 0.2) is 0 Å². The molecule has 2 aromatic rings. The summed E-state index contributed by atoms with van der Waals surface area (Å²) in [7, 11) is 0. The van der Waals surface area contributed by atoms with Gasteiger partial charge in [0.05, 0.1) is 11.6 Å². The van der Waals surface area contributed by atoms with Crippen LogP contribution in [0.1, 0.15) is 11.1 Å². The van der Waals surface area contributed by atoms with Crippen LogP contribution in [0.2, 0.25) is 5.02 Å². The van der Waals surface area contributed by atoms with E-state index in [0.717, 1.165) is 16.7 Å². The van der Waals surface area contributed by atoms with E-state index < -0.39 is 0 Å². The number of hydrogen-bond acceptors (Lipinski definition) is 2. The first-order valence-electron chi connectivity index (χ1n) is 4.82. The third-order valence-corrected chi connectivity index (χ3v) is 2.52. The minimum absolute atomic E-state index is 0.569. The molecule has 1 aromatic heterocycles. The SMILES string of the molecule is Cc1cncc(-c2ccc(Cl)cc2C#N)c1. The molecule has 1 heterocycles. The first-order valence-corrected chi connectivity index (χ1v) is 5.20. The van der Waals surface area contributed by atoms with Crippen molar-refractivity contribution in [1.29, 1.82) is 5.26 Å². The summed E-state index contributed by atoms with van der Waals surface area (Å²) in [5.41, 5.74) is 3.44. The summed E-state index contributed by atoms with van der Waals surface area (Å²) in [5, 5.41) is 9.61. The van der Waals surface area contributed by atoms with Gasteiger partial charge in [-0.15, -0.1) is 0 Å². The molecule has 0 aliphatic heterocycles. The van der Waals surface area contributed by atoms with Crippen molar-refractivity contribution in [2.75, 3.05) is 0 Å². The lowest BCUT2D eigenvalue weighted by molar-refractivity contribution is 1.27. The van der Waals surface area contributed by atoms with Gasteiger partial charge in [-0.25, -0.2) is 0 Å². The molecule has 0 fully saturated rings. The predicted molar refractivity (Wildman–Crippen MR) is 64.1 cm³/mol. The van der Waals surface area contributed by atoms with Crippen molar-refractivity contribution in [3.63, 3.8) is 0 Å². The van der Waals surface area contributed by atoms with E-state index in [9.17, 15) is 0 Å². The lowest BCUT2D eigenvalue weighted by Crippen LogP contribution is -1.86. The van der Waals surface area contributed by atoms with E-state index in [1.807, 2.05) is 19.1 Å². The molecular weight excluding hydrogens is 220 g/mol. The summed E-state index contributed by atoms with van der Waals surface area (Å²) >= 11 is 5.85. The molecule has 0 N–H and O–H groups in total. The molecular formula is C13H9ClN2. The summed E-state index contributed by atoms with van der Waals surface area (Å²) < 4.78 is 0. The lowest BCUT2D eigenvalue weighted by Gasteiger charge is -2.04. The first-order chi connectivity index (χ1) is 7.70. The predicted octanol–water partition coefficient (Wildman–Crippen LogP) is 3.58. The van der Waals surface area contributed by atoms with Gasteiger partial charge in [-0.05, 0) is 30.7 Å². The fourth-order valence-corrected chi connectivity index (χ4v) is 1.74. The van der Waals surface area contributed by atoms with Gasteiger partial charge in [-0.1, -0.05) is 17.7 Å². The van der Waals surface area contributed by atoms with E-state index in [-0.39, 0.29) is 0 Å². The highest BCUT2D eigenvalue weighted by Crippen LogP contribution is 2.25. The Hall–Kier alpha value is -1.85. The number of aryl methyl sites for hydroxylation is 1. The number of aromatic nitrogens is 1. The maximum atomic E-state index is 9.04. The van der Waals surface area contributed by atoms with Crippen LogP contribution in [0.3, 0.4) is 0 Å². The standard InChI is InChI=1S/C13H9ClN2/c1-9-4-11(8-16-7-9)13-3-2-12(14)5-10(13)6-15/h2-5,7-8H,1H3. The van der Waals surface area contributed by atoms with Crippen LogP contribution in [0.4, 0.5) is 0 Å². The molecule has 0 bridgehead atoms. The van der Waals surface area contributed by atoms with Gasteiger partial charge in [0.25, 0.3) is 0 Å². The van der Waals surface area contributed by atoms with Gasteiger partial charge in [0, 0.05) is 28.5 Å². The second kappa shape index (κ2) is 4.34. The third kappa shape index (κ3) is 2.05. The normalized spacial score (nSPS) is 9.81. The maximum Gasteiger partial charge on any atom is 0.0998 e. The fraction of sp³-hybridized carbons (Fsp3) is 0.0769. The maximum absolute atomic E-state index is 9.04. The van der Waals surface area contributed by atoms with E-state index in [4.69, 9.17) is 16.9 Å². The van der Waals surface area contributed by atoms with Crippen LogP contribution in [0.5, 0.6) is 0 Å². The van der Waals surface area contributed by atoms with Crippen molar-refractivity contribution >= 4 is 11.6 Å². The quantitative estimate of drug-likeness (QED) is 0.748. The van der Waals surface area contributed by atoms with E-state index >= 15 is 0 Å². The molecule has 0 aliphatic rings. The molecule has 0 saturated heterocycles. The minimum Gasteiger partial charge on any atom is -0.264 e. The molecule has 0 atom stereocenters. The van der Waals surface area contributed by atoms with Crippen molar-refractivity contribution in [2.45, 2.75) is 6.92 Å². The number of hydrogen-bond donors (Lipinski definition) is 0. The number of benzene rings is 1. The Balaban J connectivity index is 2.61. The van der Waals surface area contributed by atoms with Crippen LogP contribution in [-0.2, 0) is 0 Å².